The van der Waals surface area contributed by atoms with Gasteiger partial charge in [-0.05, 0) is 66.3 Å². The molecule has 3 aliphatic rings. The Morgan fingerprint density at radius 2 is 1.60 bits per heavy atom. The van der Waals surface area contributed by atoms with Crippen molar-refractivity contribution in [1.82, 2.24) is 10.2 Å². The Kier molecular flexibility index (Phi) is 6.81. The Hall–Kier alpha value is -4.57. The van der Waals surface area contributed by atoms with Gasteiger partial charge in [0.15, 0.2) is 23.0 Å². The first-order valence-corrected chi connectivity index (χ1v) is 14.0. The van der Waals surface area contributed by atoms with Crippen molar-refractivity contribution in [2.45, 2.75) is 37.8 Å². The third-order valence-corrected chi connectivity index (χ3v) is 8.85. The lowest BCUT2D eigenvalue weighted by Gasteiger charge is -2.30. The number of nitrogens with zero attached hydrogens (tertiary/aromatic N) is 1. The molecule has 3 aliphatic heterocycles. The van der Waals surface area contributed by atoms with Gasteiger partial charge in [0, 0.05) is 23.8 Å². The van der Waals surface area contributed by atoms with Gasteiger partial charge in [0.05, 0.1) is 26.1 Å². The van der Waals surface area contributed by atoms with Crippen LogP contribution in [-0.2, 0) is 39.2 Å². The third-order valence-electron chi connectivity index (χ3n) is 8.85. The van der Waals surface area contributed by atoms with Crippen LogP contribution in [0.2, 0.25) is 0 Å². The average Bonchev–Trinajstić information content (AvgIpc) is 3.57. The van der Waals surface area contributed by atoms with Crippen LogP contribution in [-0.4, -0.2) is 59.6 Å². The predicted octanol–water partition coefficient (Wildman–Crippen LogP) is 2.88. The highest BCUT2D eigenvalue weighted by Crippen LogP contribution is 2.53. The van der Waals surface area contributed by atoms with Gasteiger partial charge in [-0.3, -0.25) is 24.6 Å². The zero-order valence-electron chi connectivity index (χ0n) is 23.6. The molecule has 4 N–H and O–H groups in total. The molecule has 1 spiro atoms. The quantitative estimate of drug-likeness (QED) is 0.239. The van der Waals surface area contributed by atoms with Gasteiger partial charge in [0.2, 0.25) is 17.7 Å². The molecule has 10 nitrogen and oxygen atoms in total. The van der Waals surface area contributed by atoms with E-state index in [2.05, 4.69) is 10.6 Å². The third kappa shape index (κ3) is 4.16. The summed E-state index contributed by atoms with van der Waals surface area (Å²) in [4.78, 5) is 43.3. The normalized spacial score (nSPS) is 24.2. The van der Waals surface area contributed by atoms with Crippen LogP contribution in [0.15, 0.2) is 54.6 Å². The van der Waals surface area contributed by atoms with Gasteiger partial charge < -0.3 is 25.0 Å². The number of likely N-dealkylation sites (tertiary alicyclic amines) is 1. The molecular weight excluding hydrogens is 538 g/mol. The van der Waals surface area contributed by atoms with E-state index in [1.807, 2.05) is 37.3 Å². The lowest BCUT2D eigenvalue weighted by molar-refractivity contribution is -0.142. The largest absolute Gasteiger partial charge is 0.504 e. The summed E-state index contributed by atoms with van der Waals surface area (Å²) in [6.45, 7) is 2.16. The molecular formula is C32H33N3O7. The van der Waals surface area contributed by atoms with Crippen molar-refractivity contribution >= 4 is 23.4 Å². The second kappa shape index (κ2) is 10.4. The molecule has 0 aromatic heterocycles. The number of anilines is 1. The molecule has 218 valence electrons. The highest BCUT2D eigenvalue weighted by Gasteiger charge is 2.70. The van der Waals surface area contributed by atoms with Gasteiger partial charge in [0.25, 0.3) is 0 Å². The number of carbonyl (C=O) groups is 3. The Morgan fingerprint density at radius 1 is 0.857 bits per heavy atom. The lowest BCUT2D eigenvalue weighted by Crippen LogP contribution is -2.53. The van der Waals surface area contributed by atoms with E-state index in [9.17, 15) is 24.6 Å². The SMILES string of the molecule is CCc1ccc2c(c1)[C@]1(N[C@@H](Cc3ccc(O)c(O)c3)[C@H]3C(=O)N(CCc4ccc(OC)c(OC)c4)C(=O)[C@H]31)C(=O)N2. The molecule has 0 saturated carbocycles. The molecule has 10 heteroatoms. The van der Waals surface area contributed by atoms with Crippen LogP contribution < -0.4 is 20.1 Å². The monoisotopic (exact) mass is 571 g/mol. The number of carbonyl (C=O) groups excluding carboxylic acids is 3. The molecule has 6 rings (SSSR count). The number of aryl methyl sites for hydroxylation is 1. The van der Waals surface area contributed by atoms with Crippen molar-refractivity contribution < 1.29 is 34.1 Å². The molecule has 4 atom stereocenters. The lowest BCUT2D eigenvalue weighted by atomic mass is 9.76. The van der Waals surface area contributed by atoms with E-state index < -0.39 is 23.4 Å². The van der Waals surface area contributed by atoms with Crippen molar-refractivity contribution in [2.75, 3.05) is 26.1 Å². The minimum Gasteiger partial charge on any atom is -0.504 e. The first-order chi connectivity index (χ1) is 20.2. The molecule has 42 heavy (non-hydrogen) atoms. The fourth-order valence-electron chi connectivity index (χ4n) is 6.75. The highest BCUT2D eigenvalue weighted by atomic mass is 16.5. The summed E-state index contributed by atoms with van der Waals surface area (Å²) in [5.74, 6) is -2.24. The number of aromatic hydroxyl groups is 2. The van der Waals surface area contributed by atoms with Gasteiger partial charge in [-0.25, -0.2) is 0 Å². The number of rotatable bonds is 8. The molecule has 2 saturated heterocycles. The van der Waals surface area contributed by atoms with Gasteiger partial charge in [-0.1, -0.05) is 31.2 Å². The number of benzene rings is 3. The predicted molar refractivity (Wildman–Crippen MR) is 153 cm³/mol. The van der Waals surface area contributed by atoms with Crippen LogP contribution in [0.3, 0.4) is 0 Å². The zero-order chi connectivity index (χ0) is 29.8. The van der Waals surface area contributed by atoms with E-state index in [0.717, 1.165) is 17.5 Å². The summed E-state index contributed by atoms with van der Waals surface area (Å²) in [5, 5.41) is 26.3. The second-order valence-corrected chi connectivity index (χ2v) is 11.0. The number of imide groups is 1. The Balaban J connectivity index is 1.37. The summed E-state index contributed by atoms with van der Waals surface area (Å²) in [5.41, 5.74) is 2.40. The first-order valence-electron chi connectivity index (χ1n) is 14.0. The minimum absolute atomic E-state index is 0.145. The van der Waals surface area contributed by atoms with Gasteiger partial charge in [0.1, 0.15) is 5.54 Å². The molecule has 0 unspecified atom stereocenters. The van der Waals surface area contributed by atoms with Gasteiger partial charge >= 0.3 is 0 Å². The van der Waals surface area contributed by atoms with E-state index in [1.54, 1.807) is 26.4 Å². The van der Waals surface area contributed by atoms with Crippen LogP contribution in [0.5, 0.6) is 23.0 Å². The Morgan fingerprint density at radius 3 is 2.31 bits per heavy atom. The Labute approximate surface area is 243 Å². The maximum absolute atomic E-state index is 14.2. The molecule has 2 fully saturated rings. The number of ether oxygens (including phenoxy) is 2. The molecule has 0 aliphatic carbocycles. The number of phenols is 2. The fraction of sp³-hybridized carbons (Fsp3) is 0.344. The molecule has 3 heterocycles. The molecule has 3 aromatic carbocycles. The number of methoxy groups -OCH3 is 2. The van der Waals surface area contributed by atoms with E-state index in [1.165, 1.54) is 17.0 Å². The standard InChI is InChI=1S/C32H33N3O7/c1-4-17-5-8-21-20(13-17)32(31(40)33-21)28-27(22(34-32)14-19-6-9-23(36)24(37)15-19)29(38)35(30(28)39)12-11-18-7-10-25(41-2)26(16-18)42-3/h5-10,13,15-16,22,27-28,34,36-37H,4,11-12,14H2,1-3H3,(H,33,40)/t22-,27+,28-,32+/m0/s1. The van der Waals surface area contributed by atoms with E-state index >= 15 is 0 Å². The zero-order valence-corrected chi connectivity index (χ0v) is 23.6. The minimum atomic E-state index is -1.42. The molecule has 3 amide bonds. The highest BCUT2D eigenvalue weighted by molar-refractivity contribution is 6.15. The van der Waals surface area contributed by atoms with Crippen molar-refractivity contribution in [3.8, 4) is 23.0 Å². The fourth-order valence-corrected chi connectivity index (χ4v) is 6.75. The van der Waals surface area contributed by atoms with Crippen LogP contribution in [0.4, 0.5) is 5.69 Å². The average molecular weight is 572 g/mol. The summed E-state index contributed by atoms with van der Waals surface area (Å²) >= 11 is 0. The number of hydrogen-bond acceptors (Lipinski definition) is 8. The van der Waals surface area contributed by atoms with Crippen molar-refractivity contribution in [2.24, 2.45) is 11.8 Å². The van der Waals surface area contributed by atoms with Crippen molar-refractivity contribution in [3.05, 3.63) is 76.9 Å². The summed E-state index contributed by atoms with van der Waals surface area (Å²) in [6.07, 6.45) is 1.40. The van der Waals surface area contributed by atoms with Crippen LogP contribution in [0.25, 0.3) is 0 Å². The maximum Gasteiger partial charge on any atom is 0.250 e. The van der Waals surface area contributed by atoms with E-state index in [0.29, 0.717) is 34.7 Å². The second-order valence-electron chi connectivity index (χ2n) is 11.0. The summed E-state index contributed by atoms with van der Waals surface area (Å²) < 4.78 is 10.7. The topological polar surface area (TPSA) is 137 Å². The van der Waals surface area contributed by atoms with E-state index in [4.69, 9.17) is 9.47 Å². The number of phenolic OH excluding ortho intramolecular Hbond substituents is 2. The molecule has 0 radical (unpaired) electrons. The Bertz CT molecular complexity index is 1600. The number of hydrogen-bond donors (Lipinski definition) is 4. The number of amides is 3. The van der Waals surface area contributed by atoms with Crippen molar-refractivity contribution in [3.63, 3.8) is 0 Å². The van der Waals surface area contributed by atoms with Crippen LogP contribution >= 0.6 is 0 Å². The van der Waals surface area contributed by atoms with Crippen LogP contribution in [0, 0.1) is 11.8 Å². The molecule has 3 aromatic rings. The first kappa shape index (κ1) is 27.6. The van der Waals surface area contributed by atoms with E-state index in [-0.39, 0.29) is 42.2 Å². The van der Waals surface area contributed by atoms with Gasteiger partial charge in [-0.2, -0.15) is 0 Å². The number of nitrogens with one attached hydrogen (secondary N) is 2. The smallest absolute Gasteiger partial charge is 0.250 e. The summed E-state index contributed by atoms with van der Waals surface area (Å²) in [6, 6.07) is 15.1. The summed E-state index contributed by atoms with van der Waals surface area (Å²) in [7, 11) is 3.10. The maximum atomic E-state index is 14.2. The van der Waals surface area contributed by atoms with Gasteiger partial charge in [-0.15, -0.1) is 0 Å². The van der Waals surface area contributed by atoms with Crippen molar-refractivity contribution in [1.29, 1.82) is 0 Å². The molecule has 0 bridgehead atoms. The van der Waals surface area contributed by atoms with Crippen LogP contribution in [0.1, 0.15) is 29.2 Å². The number of fused-ring (bicyclic) bond motifs is 4.